The quantitative estimate of drug-likeness (QED) is 0.357. The van der Waals surface area contributed by atoms with Gasteiger partial charge in [0, 0.05) is 28.4 Å². The van der Waals surface area contributed by atoms with Crippen molar-refractivity contribution in [3.63, 3.8) is 0 Å². The summed E-state index contributed by atoms with van der Waals surface area (Å²) in [6, 6.07) is 11.8. The maximum absolute atomic E-state index is 12.5. The first-order valence-electron chi connectivity index (χ1n) is 7.48. The number of aryl methyl sites for hydroxylation is 1. The number of nitrogens with two attached hydrogens (primary N) is 1. The van der Waals surface area contributed by atoms with E-state index < -0.39 is 4.92 Å². The van der Waals surface area contributed by atoms with Gasteiger partial charge in [-0.15, -0.1) is 11.8 Å². The Kier molecular flexibility index (Phi) is 5.81. The Bertz CT molecular complexity index is 747. The van der Waals surface area contributed by atoms with Crippen molar-refractivity contribution in [3.8, 4) is 0 Å². The zero-order chi connectivity index (χ0) is 17.7. The Morgan fingerprint density at radius 2 is 1.96 bits per heavy atom. The van der Waals surface area contributed by atoms with Gasteiger partial charge in [0.2, 0.25) is 5.91 Å². The van der Waals surface area contributed by atoms with Crippen molar-refractivity contribution in [2.45, 2.75) is 30.4 Å². The van der Waals surface area contributed by atoms with E-state index in [9.17, 15) is 14.9 Å². The van der Waals surface area contributed by atoms with Gasteiger partial charge >= 0.3 is 0 Å². The Morgan fingerprint density at radius 3 is 2.50 bits per heavy atom. The van der Waals surface area contributed by atoms with Gasteiger partial charge in [0.25, 0.3) is 5.69 Å². The third kappa shape index (κ3) is 4.48. The lowest BCUT2D eigenvalue weighted by molar-refractivity contribution is -0.384. The monoisotopic (exact) mass is 345 g/mol. The summed E-state index contributed by atoms with van der Waals surface area (Å²) in [7, 11) is 0. The third-order valence-electron chi connectivity index (χ3n) is 3.50. The molecule has 0 spiro atoms. The van der Waals surface area contributed by atoms with Crippen molar-refractivity contribution in [2.75, 3.05) is 11.1 Å². The molecule has 0 fully saturated rings. The van der Waals surface area contributed by atoms with Crippen LogP contribution in [0.1, 0.15) is 18.9 Å². The number of thioether (sulfide) groups is 1. The van der Waals surface area contributed by atoms with Crippen LogP contribution in [0.2, 0.25) is 0 Å². The molecule has 1 atom stereocenters. The number of carbonyl (C=O) groups is 1. The highest BCUT2D eigenvalue weighted by Gasteiger charge is 2.19. The lowest BCUT2D eigenvalue weighted by atomic mass is 10.1. The van der Waals surface area contributed by atoms with E-state index in [1.807, 2.05) is 19.1 Å². The van der Waals surface area contributed by atoms with E-state index in [2.05, 4.69) is 5.32 Å². The van der Waals surface area contributed by atoms with E-state index in [4.69, 9.17) is 5.73 Å². The number of carbonyl (C=O) groups excluding carboxylic acids is 1. The van der Waals surface area contributed by atoms with Gasteiger partial charge in [-0.2, -0.15) is 0 Å². The molecule has 2 aromatic rings. The lowest BCUT2D eigenvalue weighted by Gasteiger charge is -2.16. The number of rotatable bonds is 6. The number of nitrogens with one attached hydrogen (secondary N) is 1. The Balaban J connectivity index is 2.09. The van der Waals surface area contributed by atoms with Crippen LogP contribution in [0.25, 0.3) is 0 Å². The van der Waals surface area contributed by atoms with Gasteiger partial charge in [0.1, 0.15) is 0 Å². The molecule has 0 saturated carbocycles. The molecule has 0 aliphatic carbocycles. The standard InChI is InChI=1S/C17H19N3O3S/c1-3-16(24-14-7-4-12(18)5-8-14)17(21)19-15-9-6-13(20(22)23)10-11(15)2/h4-10,16H,3,18H2,1-2H3,(H,19,21). The van der Waals surface area contributed by atoms with Crippen LogP contribution in [0.5, 0.6) is 0 Å². The fraction of sp³-hybridized carbons (Fsp3) is 0.235. The van der Waals surface area contributed by atoms with E-state index in [1.54, 1.807) is 25.1 Å². The van der Waals surface area contributed by atoms with Gasteiger partial charge in [0.05, 0.1) is 10.2 Å². The minimum atomic E-state index is -0.454. The summed E-state index contributed by atoms with van der Waals surface area (Å²) in [5, 5.41) is 13.4. The van der Waals surface area contributed by atoms with Crippen LogP contribution in [-0.2, 0) is 4.79 Å². The number of nitro benzene ring substituents is 1. The van der Waals surface area contributed by atoms with Crippen LogP contribution in [0, 0.1) is 17.0 Å². The summed E-state index contributed by atoms with van der Waals surface area (Å²) in [6.07, 6.45) is 0.660. The highest BCUT2D eigenvalue weighted by atomic mass is 32.2. The number of non-ortho nitro benzene ring substituents is 1. The molecule has 2 rings (SSSR count). The summed E-state index contributed by atoms with van der Waals surface area (Å²) >= 11 is 1.46. The van der Waals surface area contributed by atoms with Crippen LogP contribution in [-0.4, -0.2) is 16.1 Å². The number of nitro groups is 1. The summed E-state index contributed by atoms with van der Waals surface area (Å²) in [5.41, 5.74) is 7.60. The molecule has 2 aromatic carbocycles. The Hall–Kier alpha value is -2.54. The van der Waals surface area contributed by atoms with Gasteiger partial charge in [-0.05, 0) is 49.2 Å². The molecule has 1 amide bonds. The zero-order valence-electron chi connectivity index (χ0n) is 13.5. The molecule has 0 heterocycles. The molecule has 6 nitrogen and oxygen atoms in total. The minimum Gasteiger partial charge on any atom is -0.399 e. The number of anilines is 2. The van der Waals surface area contributed by atoms with Crippen LogP contribution in [0.4, 0.5) is 17.1 Å². The molecule has 3 N–H and O–H groups in total. The van der Waals surface area contributed by atoms with Crippen LogP contribution >= 0.6 is 11.8 Å². The van der Waals surface area contributed by atoms with Crippen molar-refractivity contribution >= 4 is 34.7 Å². The topological polar surface area (TPSA) is 98.3 Å². The van der Waals surface area contributed by atoms with E-state index in [0.717, 1.165) is 4.90 Å². The number of nitrogen functional groups attached to an aromatic ring is 1. The van der Waals surface area contributed by atoms with Gasteiger partial charge in [-0.25, -0.2) is 0 Å². The highest BCUT2D eigenvalue weighted by Crippen LogP contribution is 2.28. The first-order valence-corrected chi connectivity index (χ1v) is 8.36. The molecule has 7 heteroatoms. The molecular weight excluding hydrogens is 326 g/mol. The lowest BCUT2D eigenvalue weighted by Crippen LogP contribution is -2.24. The van der Waals surface area contributed by atoms with Crippen LogP contribution in [0.3, 0.4) is 0 Å². The number of benzene rings is 2. The van der Waals surface area contributed by atoms with Crippen molar-refractivity contribution < 1.29 is 9.72 Å². The second-order valence-corrected chi connectivity index (χ2v) is 6.61. The maximum Gasteiger partial charge on any atom is 0.269 e. The van der Waals surface area contributed by atoms with Crippen molar-refractivity contribution in [1.82, 2.24) is 0 Å². The summed E-state index contributed by atoms with van der Waals surface area (Å²) in [4.78, 5) is 23.8. The number of hydrogen-bond donors (Lipinski definition) is 2. The van der Waals surface area contributed by atoms with Gasteiger partial charge in [-0.1, -0.05) is 6.92 Å². The summed E-state index contributed by atoms with van der Waals surface area (Å²) in [5.74, 6) is -0.128. The second-order valence-electron chi connectivity index (χ2n) is 5.33. The van der Waals surface area contributed by atoms with E-state index in [0.29, 0.717) is 23.4 Å². The van der Waals surface area contributed by atoms with Gasteiger partial charge in [0.15, 0.2) is 0 Å². The van der Waals surface area contributed by atoms with Crippen LogP contribution in [0.15, 0.2) is 47.4 Å². The fourth-order valence-corrected chi connectivity index (χ4v) is 3.10. The average molecular weight is 345 g/mol. The predicted molar refractivity (Wildman–Crippen MR) is 97.3 cm³/mol. The van der Waals surface area contributed by atoms with E-state index >= 15 is 0 Å². The molecule has 126 valence electrons. The highest BCUT2D eigenvalue weighted by molar-refractivity contribution is 8.00. The Labute approximate surface area is 144 Å². The van der Waals surface area contributed by atoms with Crippen molar-refractivity contribution in [1.29, 1.82) is 0 Å². The molecule has 0 radical (unpaired) electrons. The normalized spacial score (nSPS) is 11.8. The largest absolute Gasteiger partial charge is 0.399 e. The first-order chi connectivity index (χ1) is 11.4. The molecule has 0 bridgehead atoms. The molecule has 1 unspecified atom stereocenters. The van der Waals surface area contributed by atoms with Gasteiger partial charge in [-0.3, -0.25) is 14.9 Å². The number of nitrogens with zero attached hydrogens (tertiary/aromatic N) is 1. The fourth-order valence-electron chi connectivity index (χ4n) is 2.15. The van der Waals surface area contributed by atoms with Crippen molar-refractivity contribution in [2.24, 2.45) is 0 Å². The minimum absolute atomic E-state index is 0.00814. The summed E-state index contributed by atoms with van der Waals surface area (Å²) < 4.78 is 0. The zero-order valence-corrected chi connectivity index (χ0v) is 14.3. The smallest absolute Gasteiger partial charge is 0.269 e. The third-order valence-corrected chi connectivity index (χ3v) is 4.88. The second kappa shape index (κ2) is 7.83. The maximum atomic E-state index is 12.5. The molecule has 0 aliphatic rings. The average Bonchev–Trinajstić information content (AvgIpc) is 2.55. The summed E-state index contributed by atoms with van der Waals surface area (Å²) in [6.45, 7) is 3.67. The van der Waals surface area contributed by atoms with Gasteiger partial charge < -0.3 is 11.1 Å². The molecule has 0 aromatic heterocycles. The molecule has 0 aliphatic heterocycles. The van der Waals surface area contributed by atoms with E-state index in [1.165, 1.54) is 23.9 Å². The Morgan fingerprint density at radius 1 is 1.29 bits per heavy atom. The molecular formula is C17H19N3O3S. The predicted octanol–water partition coefficient (Wildman–Crippen LogP) is 3.99. The number of amides is 1. The SMILES string of the molecule is CCC(Sc1ccc(N)cc1)C(=O)Nc1ccc([N+](=O)[O-])cc1C. The molecule has 24 heavy (non-hydrogen) atoms. The van der Waals surface area contributed by atoms with E-state index in [-0.39, 0.29) is 16.8 Å². The first kappa shape index (κ1) is 17.8. The molecule has 0 saturated heterocycles. The number of hydrogen-bond acceptors (Lipinski definition) is 5. The van der Waals surface area contributed by atoms with Crippen molar-refractivity contribution in [3.05, 3.63) is 58.1 Å². The van der Waals surface area contributed by atoms with Crippen LogP contribution < -0.4 is 11.1 Å².